The topological polar surface area (TPSA) is 112 Å². The number of hydrogen-bond acceptors (Lipinski definition) is 8. The summed E-state index contributed by atoms with van der Waals surface area (Å²) in [6.07, 6.45) is 2.81. The molecule has 0 unspecified atom stereocenters. The number of benzene rings is 2. The first-order chi connectivity index (χ1) is 16.8. The van der Waals surface area contributed by atoms with Crippen LogP contribution in [-0.2, 0) is 14.8 Å². The van der Waals surface area contributed by atoms with Gasteiger partial charge in [-0.25, -0.2) is 27.5 Å². The highest BCUT2D eigenvalue weighted by Crippen LogP contribution is 2.36. The summed E-state index contributed by atoms with van der Waals surface area (Å²) in [5.41, 5.74) is 1.14. The average molecular weight is 525 g/mol. The van der Waals surface area contributed by atoms with Gasteiger partial charge in [0.05, 0.1) is 29.5 Å². The van der Waals surface area contributed by atoms with Crippen LogP contribution in [0.4, 0.5) is 15.9 Å². The van der Waals surface area contributed by atoms with Crippen LogP contribution in [0.15, 0.2) is 36.7 Å². The van der Waals surface area contributed by atoms with E-state index in [1.54, 1.807) is 25.1 Å². The van der Waals surface area contributed by atoms with Crippen molar-refractivity contribution in [3.8, 4) is 11.5 Å². The molecule has 1 fully saturated rings. The lowest BCUT2D eigenvalue weighted by molar-refractivity contribution is 0.0244. The standard InChI is InChI=1S/C23H26ClFN4O5S/c1-2-35(30,31)28-7-10-33-21-13-20-17(12-22(21)34-16-5-8-32-9-6-16)23(27-14-26-20)29-15-3-4-19(25)18(24)11-15/h3-4,11-14,16,28H,2,5-10H2,1H3,(H,26,27,29). The predicted octanol–water partition coefficient (Wildman–Crippen LogP) is 4.04. The van der Waals surface area contributed by atoms with Crippen molar-refractivity contribution in [3.63, 3.8) is 0 Å². The summed E-state index contributed by atoms with van der Waals surface area (Å²) in [5, 5.41) is 3.80. The summed E-state index contributed by atoms with van der Waals surface area (Å²) < 4.78 is 57.0. The van der Waals surface area contributed by atoms with Crippen LogP contribution in [0, 0.1) is 5.82 Å². The largest absolute Gasteiger partial charge is 0.488 e. The second kappa shape index (κ2) is 11.3. The minimum absolute atomic E-state index is 0.00689. The fraction of sp³-hybridized carbons (Fsp3) is 0.391. The van der Waals surface area contributed by atoms with Gasteiger partial charge in [0, 0.05) is 36.5 Å². The zero-order valence-corrected chi connectivity index (χ0v) is 20.7. The number of nitrogens with one attached hydrogen (secondary N) is 2. The first-order valence-corrected chi connectivity index (χ1v) is 13.2. The van der Waals surface area contributed by atoms with Crippen LogP contribution in [0.2, 0.25) is 5.02 Å². The maximum atomic E-state index is 13.6. The first-order valence-electron chi connectivity index (χ1n) is 11.2. The Labute approximate surface area is 208 Å². The van der Waals surface area contributed by atoms with Crippen LogP contribution >= 0.6 is 11.6 Å². The lowest BCUT2D eigenvalue weighted by Gasteiger charge is -2.25. The van der Waals surface area contributed by atoms with E-state index in [4.69, 9.17) is 25.8 Å². The molecule has 0 spiro atoms. The van der Waals surface area contributed by atoms with E-state index in [0.717, 1.165) is 12.8 Å². The molecule has 1 aliphatic heterocycles. The normalized spacial score (nSPS) is 14.7. The van der Waals surface area contributed by atoms with Gasteiger partial charge in [-0.05, 0) is 31.2 Å². The lowest BCUT2D eigenvalue weighted by Crippen LogP contribution is -2.29. The molecular weight excluding hydrogens is 499 g/mol. The molecule has 1 aromatic heterocycles. The van der Waals surface area contributed by atoms with Crippen molar-refractivity contribution in [1.29, 1.82) is 0 Å². The monoisotopic (exact) mass is 524 g/mol. The Hall–Kier alpha value is -2.73. The molecule has 4 rings (SSSR count). The molecule has 0 aliphatic carbocycles. The van der Waals surface area contributed by atoms with Crippen LogP contribution in [0.5, 0.6) is 11.5 Å². The van der Waals surface area contributed by atoms with Gasteiger partial charge in [0.25, 0.3) is 0 Å². The van der Waals surface area contributed by atoms with Crippen molar-refractivity contribution in [2.75, 3.05) is 37.4 Å². The van der Waals surface area contributed by atoms with Crippen LogP contribution in [-0.4, -0.2) is 56.6 Å². The number of ether oxygens (including phenoxy) is 3. The number of hydrogen-bond donors (Lipinski definition) is 2. The maximum Gasteiger partial charge on any atom is 0.211 e. The Bertz CT molecular complexity index is 1290. The highest BCUT2D eigenvalue weighted by molar-refractivity contribution is 7.89. The Morgan fingerprint density at radius 2 is 1.97 bits per heavy atom. The van der Waals surface area contributed by atoms with Gasteiger partial charge in [0.15, 0.2) is 11.5 Å². The van der Waals surface area contributed by atoms with Gasteiger partial charge in [-0.2, -0.15) is 0 Å². The smallest absolute Gasteiger partial charge is 0.211 e. The van der Waals surface area contributed by atoms with Crippen molar-refractivity contribution in [3.05, 3.63) is 47.5 Å². The number of rotatable bonds is 10. The molecule has 1 saturated heterocycles. The predicted molar refractivity (Wildman–Crippen MR) is 132 cm³/mol. The van der Waals surface area contributed by atoms with Crippen molar-refractivity contribution < 1.29 is 27.0 Å². The van der Waals surface area contributed by atoms with E-state index in [9.17, 15) is 12.8 Å². The van der Waals surface area contributed by atoms with Crippen molar-refractivity contribution in [1.82, 2.24) is 14.7 Å². The zero-order valence-electron chi connectivity index (χ0n) is 19.1. The van der Waals surface area contributed by atoms with E-state index < -0.39 is 15.8 Å². The van der Waals surface area contributed by atoms with Crippen molar-refractivity contribution in [2.24, 2.45) is 0 Å². The summed E-state index contributed by atoms with van der Waals surface area (Å²) in [7, 11) is -3.32. The lowest BCUT2D eigenvalue weighted by atomic mass is 10.1. The summed E-state index contributed by atoms with van der Waals surface area (Å²) in [5.74, 6) is 0.885. The fourth-order valence-electron chi connectivity index (χ4n) is 3.51. The molecule has 0 atom stereocenters. The molecule has 3 aromatic rings. The average Bonchev–Trinajstić information content (AvgIpc) is 2.85. The number of sulfonamides is 1. The van der Waals surface area contributed by atoms with Gasteiger partial charge >= 0.3 is 0 Å². The van der Waals surface area contributed by atoms with E-state index >= 15 is 0 Å². The van der Waals surface area contributed by atoms with Crippen molar-refractivity contribution >= 4 is 44.0 Å². The first kappa shape index (κ1) is 25.4. The molecule has 1 aliphatic rings. The van der Waals surface area contributed by atoms with E-state index in [0.29, 0.717) is 47.1 Å². The van der Waals surface area contributed by atoms with E-state index in [2.05, 4.69) is 20.0 Å². The molecular formula is C23H26ClFN4O5S. The van der Waals surface area contributed by atoms with Crippen LogP contribution in [0.1, 0.15) is 19.8 Å². The molecule has 9 nitrogen and oxygen atoms in total. The summed E-state index contributed by atoms with van der Waals surface area (Å²) >= 11 is 5.91. The van der Waals surface area contributed by atoms with Gasteiger partial charge in [0.1, 0.15) is 30.7 Å². The molecule has 0 bridgehead atoms. The molecule has 12 heteroatoms. The molecule has 2 aromatic carbocycles. The quantitative estimate of drug-likeness (QED) is 0.382. The van der Waals surface area contributed by atoms with Gasteiger partial charge in [0.2, 0.25) is 10.0 Å². The van der Waals surface area contributed by atoms with E-state index in [1.807, 2.05) is 0 Å². The second-order valence-corrected chi connectivity index (χ2v) is 10.4. The van der Waals surface area contributed by atoms with Gasteiger partial charge in [-0.3, -0.25) is 0 Å². The van der Waals surface area contributed by atoms with Gasteiger partial charge < -0.3 is 19.5 Å². The van der Waals surface area contributed by atoms with Crippen LogP contribution in [0.3, 0.4) is 0 Å². The van der Waals surface area contributed by atoms with Crippen LogP contribution < -0.4 is 19.5 Å². The number of nitrogens with zero attached hydrogens (tertiary/aromatic N) is 2. The molecule has 2 heterocycles. The van der Waals surface area contributed by atoms with Gasteiger partial charge in [-0.15, -0.1) is 0 Å². The molecule has 0 saturated carbocycles. The molecule has 0 amide bonds. The van der Waals surface area contributed by atoms with Crippen LogP contribution in [0.25, 0.3) is 10.9 Å². The van der Waals surface area contributed by atoms with E-state index in [1.165, 1.54) is 18.5 Å². The Balaban J connectivity index is 1.62. The number of anilines is 2. The highest BCUT2D eigenvalue weighted by atomic mass is 35.5. The van der Waals surface area contributed by atoms with E-state index in [-0.39, 0.29) is 30.0 Å². The molecule has 188 valence electrons. The zero-order chi connectivity index (χ0) is 24.8. The summed E-state index contributed by atoms with van der Waals surface area (Å²) in [6, 6.07) is 7.81. The third-order valence-electron chi connectivity index (χ3n) is 5.41. The van der Waals surface area contributed by atoms with Crippen molar-refractivity contribution in [2.45, 2.75) is 25.9 Å². The number of fused-ring (bicyclic) bond motifs is 1. The minimum atomic E-state index is -3.32. The Morgan fingerprint density at radius 1 is 1.17 bits per heavy atom. The number of halogens is 2. The molecule has 2 N–H and O–H groups in total. The minimum Gasteiger partial charge on any atom is -0.488 e. The second-order valence-electron chi connectivity index (χ2n) is 7.87. The fourth-order valence-corrected chi connectivity index (χ4v) is 4.29. The summed E-state index contributed by atoms with van der Waals surface area (Å²) in [6.45, 7) is 3.01. The third-order valence-corrected chi connectivity index (χ3v) is 7.10. The molecule has 0 radical (unpaired) electrons. The highest BCUT2D eigenvalue weighted by Gasteiger charge is 2.20. The Morgan fingerprint density at radius 3 is 2.71 bits per heavy atom. The Kier molecular flexibility index (Phi) is 8.22. The SMILES string of the molecule is CCS(=O)(=O)NCCOc1cc2ncnc(Nc3ccc(F)c(Cl)c3)c2cc1OC1CCOCC1. The van der Waals surface area contributed by atoms with Gasteiger partial charge in [-0.1, -0.05) is 11.6 Å². The summed E-state index contributed by atoms with van der Waals surface area (Å²) in [4.78, 5) is 8.67. The number of aromatic nitrogens is 2. The third kappa shape index (κ3) is 6.69. The maximum absolute atomic E-state index is 13.6. The molecule has 35 heavy (non-hydrogen) atoms.